The molecule has 1 atom stereocenters. The molecule has 0 aliphatic carbocycles. The number of hydrogen-bond donors (Lipinski definition) is 2. The Balaban J connectivity index is 2.25. The van der Waals surface area contributed by atoms with Gasteiger partial charge in [0.2, 0.25) is 0 Å². The van der Waals surface area contributed by atoms with Crippen molar-refractivity contribution in [1.82, 2.24) is 4.98 Å². The highest BCUT2D eigenvalue weighted by Crippen LogP contribution is 2.35. The number of hydrogen-bond acceptors (Lipinski definition) is 5. The number of alkyl halides is 3. The van der Waals surface area contributed by atoms with E-state index in [2.05, 4.69) is 4.98 Å². The van der Waals surface area contributed by atoms with Crippen LogP contribution in [0.2, 0.25) is 0 Å². The third kappa shape index (κ3) is 3.07. The van der Waals surface area contributed by atoms with Crippen molar-refractivity contribution in [2.24, 2.45) is 0 Å². The minimum Gasteiger partial charge on any atom is -0.476 e. The van der Waals surface area contributed by atoms with Gasteiger partial charge in [0, 0.05) is 17.4 Å². The number of carboxylic acids is 1. The van der Waals surface area contributed by atoms with Crippen molar-refractivity contribution in [2.75, 3.05) is 18.5 Å². The van der Waals surface area contributed by atoms with Crippen LogP contribution in [0.3, 0.4) is 0 Å². The predicted molar refractivity (Wildman–Crippen MR) is 61.9 cm³/mol. The lowest BCUT2D eigenvalue weighted by molar-refractivity contribution is -0.167. The number of carbonyl (C=O) groups excluding carboxylic acids is 1. The molecule has 0 aromatic carbocycles. The summed E-state index contributed by atoms with van der Waals surface area (Å²) in [5, 5.41) is 10.2. The van der Waals surface area contributed by atoms with Gasteiger partial charge in [0.15, 0.2) is 10.8 Å². The van der Waals surface area contributed by atoms with Crippen LogP contribution in [0, 0.1) is 0 Å². The number of carboxylic acid groups (broad SMARTS) is 1. The van der Waals surface area contributed by atoms with Gasteiger partial charge in [-0.05, 0) is 6.42 Å². The molecule has 0 spiro atoms. The molecule has 0 saturated carbocycles. The zero-order valence-electron chi connectivity index (χ0n) is 9.86. The van der Waals surface area contributed by atoms with Crippen LogP contribution in [0.4, 0.5) is 18.3 Å². The topological polar surface area (TPSA) is 88.5 Å². The van der Waals surface area contributed by atoms with E-state index in [1.165, 1.54) is 0 Å². The monoisotopic (exact) mass is 310 g/mol. The van der Waals surface area contributed by atoms with Gasteiger partial charge in [0.1, 0.15) is 0 Å². The first-order chi connectivity index (χ1) is 9.29. The highest BCUT2D eigenvalue weighted by molar-refractivity contribution is 7.16. The fourth-order valence-corrected chi connectivity index (χ4v) is 2.80. The van der Waals surface area contributed by atoms with Crippen LogP contribution in [0.1, 0.15) is 27.7 Å². The van der Waals surface area contributed by atoms with E-state index >= 15 is 0 Å². The predicted octanol–water partition coefficient (Wildman–Crippen LogP) is 1.85. The summed E-state index contributed by atoms with van der Waals surface area (Å²) in [4.78, 5) is 25.7. The summed E-state index contributed by atoms with van der Waals surface area (Å²) in [5.74, 6) is -3.76. The Kier molecular flexibility index (Phi) is 3.95. The number of anilines is 1. The molecular formula is C10H9F3N2O4S. The van der Waals surface area contributed by atoms with E-state index in [9.17, 15) is 22.8 Å². The number of amides is 1. The van der Waals surface area contributed by atoms with Crippen molar-refractivity contribution in [2.45, 2.75) is 18.5 Å². The number of halogens is 3. The maximum Gasteiger partial charge on any atom is 0.471 e. The number of ether oxygens (including phenoxy) is 1. The van der Waals surface area contributed by atoms with E-state index in [1.807, 2.05) is 0 Å². The van der Waals surface area contributed by atoms with E-state index in [4.69, 9.17) is 9.84 Å². The summed E-state index contributed by atoms with van der Waals surface area (Å²) >= 11 is 0.726. The molecule has 1 saturated heterocycles. The molecule has 2 N–H and O–H groups in total. The molecule has 1 aromatic heterocycles. The van der Waals surface area contributed by atoms with Gasteiger partial charge in [0.25, 0.3) is 0 Å². The van der Waals surface area contributed by atoms with Crippen molar-refractivity contribution in [3.05, 3.63) is 10.6 Å². The first kappa shape index (κ1) is 14.7. The molecule has 1 aliphatic heterocycles. The standard InChI is InChI=1S/C10H9F3N2O4S/c11-10(12,13)8(18)15-9-14-5(7(16)17)6(20-9)4-1-2-19-3-4/h4H,1-3H2,(H,16,17)(H,14,15,18). The summed E-state index contributed by atoms with van der Waals surface area (Å²) in [5.41, 5.74) is -0.344. The second-order valence-corrected chi connectivity index (χ2v) is 5.08. The summed E-state index contributed by atoms with van der Waals surface area (Å²) in [6.45, 7) is 0.737. The van der Waals surface area contributed by atoms with Crippen LogP contribution >= 0.6 is 11.3 Å². The zero-order chi connectivity index (χ0) is 14.9. The number of nitrogens with one attached hydrogen (secondary N) is 1. The maximum atomic E-state index is 12.1. The van der Waals surface area contributed by atoms with Gasteiger partial charge in [-0.15, -0.1) is 11.3 Å². The summed E-state index contributed by atoms with van der Waals surface area (Å²) in [6, 6.07) is 0. The van der Waals surface area contributed by atoms with Crippen molar-refractivity contribution in [3.63, 3.8) is 0 Å². The summed E-state index contributed by atoms with van der Waals surface area (Å²) < 4.78 is 41.5. The van der Waals surface area contributed by atoms with Gasteiger partial charge in [-0.1, -0.05) is 0 Å². The van der Waals surface area contributed by atoms with Crippen LogP contribution in [0.5, 0.6) is 0 Å². The maximum absolute atomic E-state index is 12.1. The van der Waals surface area contributed by atoms with Gasteiger partial charge < -0.3 is 9.84 Å². The first-order valence-corrected chi connectivity index (χ1v) is 6.30. The SMILES string of the molecule is O=C(O)c1nc(NC(=O)C(F)(F)F)sc1C1CCOC1. The van der Waals surface area contributed by atoms with Crippen LogP contribution in [0.25, 0.3) is 0 Å². The lowest BCUT2D eigenvalue weighted by atomic mass is 10.1. The van der Waals surface area contributed by atoms with Crippen molar-refractivity contribution < 1.29 is 32.6 Å². The first-order valence-electron chi connectivity index (χ1n) is 5.49. The molecule has 110 valence electrons. The number of thiazole rings is 1. The van der Waals surface area contributed by atoms with Gasteiger partial charge >= 0.3 is 18.1 Å². The molecule has 1 unspecified atom stereocenters. The third-order valence-electron chi connectivity index (χ3n) is 2.63. The normalized spacial score (nSPS) is 19.1. The zero-order valence-corrected chi connectivity index (χ0v) is 10.7. The molecule has 10 heteroatoms. The third-order valence-corrected chi connectivity index (χ3v) is 3.77. The molecule has 1 aromatic rings. The Morgan fingerprint density at radius 2 is 2.15 bits per heavy atom. The smallest absolute Gasteiger partial charge is 0.471 e. The van der Waals surface area contributed by atoms with E-state index in [-0.39, 0.29) is 23.4 Å². The van der Waals surface area contributed by atoms with Crippen LogP contribution < -0.4 is 5.32 Å². The number of aromatic carboxylic acids is 1. The Morgan fingerprint density at radius 3 is 2.65 bits per heavy atom. The fourth-order valence-electron chi connectivity index (χ4n) is 1.72. The van der Waals surface area contributed by atoms with Gasteiger partial charge in [0.05, 0.1) is 6.61 Å². The minimum absolute atomic E-state index is 0.227. The number of carbonyl (C=O) groups is 2. The second kappa shape index (κ2) is 5.37. The van der Waals surface area contributed by atoms with Crippen LogP contribution in [-0.4, -0.2) is 41.4 Å². The molecule has 0 bridgehead atoms. The molecule has 6 nitrogen and oxygen atoms in total. The highest BCUT2D eigenvalue weighted by Gasteiger charge is 2.39. The molecule has 0 radical (unpaired) electrons. The Hall–Kier alpha value is -1.68. The summed E-state index contributed by atoms with van der Waals surface area (Å²) in [6.07, 6.45) is -4.49. The average Bonchev–Trinajstić information content (AvgIpc) is 2.94. The molecule has 1 fully saturated rings. The number of rotatable bonds is 3. The number of aromatic nitrogens is 1. The Bertz CT molecular complexity index is 537. The van der Waals surface area contributed by atoms with E-state index in [0.29, 0.717) is 17.9 Å². The van der Waals surface area contributed by atoms with Gasteiger partial charge in [-0.3, -0.25) is 10.1 Å². The van der Waals surface area contributed by atoms with E-state index < -0.39 is 18.1 Å². The molecule has 1 amide bonds. The van der Waals surface area contributed by atoms with E-state index in [1.54, 1.807) is 5.32 Å². The minimum atomic E-state index is -5.05. The van der Waals surface area contributed by atoms with Gasteiger partial charge in [-0.25, -0.2) is 9.78 Å². The summed E-state index contributed by atoms with van der Waals surface area (Å²) in [7, 11) is 0. The number of nitrogens with zero attached hydrogens (tertiary/aromatic N) is 1. The molecule has 2 heterocycles. The van der Waals surface area contributed by atoms with Crippen LogP contribution in [0.15, 0.2) is 0 Å². The molecule has 2 rings (SSSR count). The highest BCUT2D eigenvalue weighted by atomic mass is 32.1. The Labute approximate surface area is 114 Å². The molecule has 1 aliphatic rings. The van der Waals surface area contributed by atoms with Crippen molar-refractivity contribution in [3.8, 4) is 0 Å². The second-order valence-electron chi connectivity index (χ2n) is 4.05. The van der Waals surface area contributed by atoms with E-state index in [0.717, 1.165) is 11.3 Å². The van der Waals surface area contributed by atoms with Crippen molar-refractivity contribution >= 4 is 28.3 Å². The average molecular weight is 310 g/mol. The largest absolute Gasteiger partial charge is 0.476 e. The van der Waals surface area contributed by atoms with Gasteiger partial charge in [-0.2, -0.15) is 13.2 Å². The fraction of sp³-hybridized carbons (Fsp3) is 0.500. The lowest BCUT2D eigenvalue weighted by Gasteiger charge is -2.05. The van der Waals surface area contributed by atoms with Crippen molar-refractivity contribution in [1.29, 1.82) is 0 Å². The van der Waals surface area contributed by atoms with Crippen LogP contribution in [-0.2, 0) is 9.53 Å². The Morgan fingerprint density at radius 1 is 1.45 bits per heavy atom. The molecule has 20 heavy (non-hydrogen) atoms. The molecular weight excluding hydrogens is 301 g/mol. The lowest BCUT2D eigenvalue weighted by Crippen LogP contribution is -2.29. The quantitative estimate of drug-likeness (QED) is 0.889.